The molecule has 0 fully saturated rings. The van der Waals surface area contributed by atoms with Crippen molar-refractivity contribution in [3.05, 3.63) is 94.7 Å². The summed E-state index contributed by atoms with van der Waals surface area (Å²) in [6.07, 6.45) is 0. The Hall–Kier alpha value is -3.86. The standard InChI is InChI=1S/C29H30N2O3/c1-6-34-25-15-10-22(11-16-25)26-27(30-23-12-8-21(9-13-23)18(2)3)29(33)31(28(26)32)24-14-7-19(4)20(5)17-24/h7-18,30H,6H2,1-5H3. The van der Waals surface area contributed by atoms with Crippen molar-refractivity contribution in [1.82, 2.24) is 0 Å². The van der Waals surface area contributed by atoms with Gasteiger partial charge in [0.1, 0.15) is 11.4 Å². The lowest BCUT2D eigenvalue weighted by Crippen LogP contribution is -2.32. The van der Waals surface area contributed by atoms with Gasteiger partial charge in [-0.3, -0.25) is 9.59 Å². The molecule has 0 aliphatic carbocycles. The topological polar surface area (TPSA) is 58.6 Å². The monoisotopic (exact) mass is 454 g/mol. The molecule has 1 aliphatic rings. The number of nitrogens with one attached hydrogen (secondary N) is 1. The van der Waals surface area contributed by atoms with E-state index in [1.165, 1.54) is 10.5 Å². The number of rotatable bonds is 7. The van der Waals surface area contributed by atoms with Crippen LogP contribution in [-0.2, 0) is 9.59 Å². The lowest BCUT2D eigenvalue weighted by Gasteiger charge is -2.17. The van der Waals surface area contributed by atoms with E-state index >= 15 is 0 Å². The molecular formula is C29H30N2O3. The molecule has 0 atom stereocenters. The van der Waals surface area contributed by atoms with Crippen LogP contribution in [0.2, 0.25) is 0 Å². The van der Waals surface area contributed by atoms with Crippen LogP contribution < -0.4 is 15.0 Å². The van der Waals surface area contributed by atoms with Gasteiger partial charge in [0.2, 0.25) is 0 Å². The first-order valence-electron chi connectivity index (χ1n) is 11.6. The largest absolute Gasteiger partial charge is 0.494 e. The summed E-state index contributed by atoms with van der Waals surface area (Å²) in [5.74, 6) is 0.403. The van der Waals surface area contributed by atoms with Crippen molar-refractivity contribution in [3.63, 3.8) is 0 Å². The lowest BCUT2D eigenvalue weighted by atomic mass is 10.0. The second kappa shape index (κ2) is 9.56. The highest BCUT2D eigenvalue weighted by Gasteiger charge is 2.40. The fourth-order valence-electron chi connectivity index (χ4n) is 3.99. The molecule has 1 N–H and O–H groups in total. The zero-order valence-electron chi connectivity index (χ0n) is 20.3. The van der Waals surface area contributed by atoms with Crippen LogP contribution in [0.5, 0.6) is 5.75 Å². The molecule has 0 saturated carbocycles. The molecule has 174 valence electrons. The molecule has 1 aliphatic heterocycles. The van der Waals surface area contributed by atoms with E-state index in [0.29, 0.717) is 35.1 Å². The SMILES string of the molecule is CCOc1ccc(C2=C(Nc3ccc(C(C)C)cc3)C(=O)N(c3ccc(C)c(C)c3)C2=O)cc1. The van der Waals surface area contributed by atoms with Crippen molar-refractivity contribution < 1.29 is 14.3 Å². The number of aryl methyl sites for hydroxylation is 2. The fraction of sp³-hybridized carbons (Fsp3) is 0.241. The van der Waals surface area contributed by atoms with Gasteiger partial charge in [0.25, 0.3) is 11.8 Å². The summed E-state index contributed by atoms with van der Waals surface area (Å²) in [4.78, 5) is 28.5. The Morgan fingerprint density at radius 3 is 2.12 bits per heavy atom. The van der Waals surface area contributed by atoms with Crippen molar-refractivity contribution in [2.45, 2.75) is 40.5 Å². The van der Waals surface area contributed by atoms with Crippen LogP contribution in [0.1, 0.15) is 48.9 Å². The molecule has 1 heterocycles. The maximum atomic E-state index is 13.6. The summed E-state index contributed by atoms with van der Waals surface area (Å²) in [6.45, 7) is 10.7. The lowest BCUT2D eigenvalue weighted by molar-refractivity contribution is -0.120. The molecule has 3 aromatic carbocycles. The molecule has 0 aromatic heterocycles. The number of nitrogens with zero attached hydrogens (tertiary/aromatic N) is 1. The first-order chi connectivity index (χ1) is 16.3. The van der Waals surface area contributed by atoms with Crippen LogP contribution in [0, 0.1) is 13.8 Å². The third kappa shape index (κ3) is 4.46. The summed E-state index contributed by atoms with van der Waals surface area (Å²) in [5, 5.41) is 3.24. The average Bonchev–Trinajstić information content (AvgIpc) is 3.06. The van der Waals surface area contributed by atoms with Gasteiger partial charge in [-0.15, -0.1) is 0 Å². The molecular weight excluding hydrogens is 424 g/mol. The van der Waals surface area contributed by atoms with Crippen LogP contribution in [-0.4, -0.2) is 18.4 Å². The maximum Gasteiger partial charge on any atom is 0.282 e. The van der Waals surface area contributed by atoms with Gasteiger partial charge in [0.15, 0.2) is 0 Å². The van der Waals surface area contributed by atoms with Crippen molar-refractivity contribution in [1.29, 1.82) is 0 Å². The van der Waals surface area contributed by atoms with E-state index in [9.17, 15) is 9.59 Å². The minimum atomic E-state index is -0.370. The summed E-state index contributed by atoms with van der Waals surface area (Å²) in [6, 6.07) is 20.8. The second-order valence-corrected chi connectivity index (χ2v) is 8.82. The van der Waals surface area contributed by atoms with Crippen molar-refractivity contribution in [3.8, 4) is 5.75 Å². The molecule has 34 heavy (non-hydrogen) atoms. The maximum absolute atomic E-state index is 13.6. The number of benzene rings is 3. The van der Waals surface area contributed by atoms with Gasteiger partial charge in [-0.25, -0.2) is 4.90 Å². The Morgan fingerprint density at radius 1 is 0.853 bits per heavy atom. The van der Waals surface area contributed by atoms with Crippen LogP contribution in [0.3, 0.4) is 0 Å². The van der Waals surface area contributed by atoms with Crippen molar-refractivity contribution in [2.75, 3.05) is 16.8 Å². The highest BCUT2D eigenvalue weighted by molar-refractivity contribution is 6.46. The number of imide groups is 1. The molecule has 5 nitrogen and oxygen atoms in total. The normalized spacial score (nSPS) is 13.8. The van der Waals surface area contributed by atoms with Gasteiger partial charge in [0.05, 0.1) is 17.9 Å². The predicted molar refractivity (Wildman–Crippen MR) is 137 cm³/mol. The third-order valence-corrected chi connectivity index (χ3v) is 6.13. The molecule has 3 aromatic rings. The highest BCUT2D eigenvalue weighted by Crippen LogP contribution is 2.35. The minimum absolute atomic E-state index is 0.268. The van der Waals surface area contributed by atoms with Gasteiger partial charge in [-0.05, 0) is 85.3 Å². The summed E-state index contributed by atoms with van der Waals surface area (Å²) < 4.78 is 5.55. The van der Waals surface area contributed by atoms with Crippen LogP contribution in [0.4, 0.5) is 11.4 Å². The number of ether oxygens (including phenoxy) is 1. The zero-order chi connectivity index (χ0) is 24.4. The Labute approximate surface area is 201 Å². The number of hydrogen-bond donors (Lipinski definition) is 1. The van der Waals surface area contributed by atoms with Gasteiger partial charge in [0, 0.05) is 5.69 Å². The number of anilines is 2. The number of hydrogen-bond acceptors (Lipinski definition) is 4. The summed E-state index contributed by atoms with van der Waals surface area (Å²) >= 11 is 0. The van der Waals surface area contributed by atoms with E-state index in [1.54, 1.807) is 0 Å². The number of carbonyl (C=O) groups excluding carboxylic acids is 2. The second-order valence-electron chi connectivity index (χ2n) is 8.82. The van der Waals surface area contributed by atoms with Crippen molar-refractivity contribution >= 4 is 28.8 Å². The first kappa shape index (κ1) is 23.3. The van der Waals surface area contributed by atoms with Crippen LogP contribution >= 0.6 is 0 Å². The number of amides is 2. The molecule has 0 radical (unpaired) electrons. The van der Waals surface area contributed by atoms with Gasteiger partial charge < -0.3 is 10.1 Å². The zero-order valence-corrected chi connectivity index (χ0v) is 20.3. The molecule has 4 rings (SSSR count). The van der Waals surface area contributed by atoms with E-state index in [1.807, 2.05) is 87.5 Å². The Kier molecular flexibility index (Phi) is 6.55. The van der Waals surface area contributed by atoms with Crippen molar-refractivity contribution in [2.24, 2.45) is 0 Å². The van der Waals surface area contributed by atoms with E-state index in [0.717, 1.165) is 16.8 Å². The molecule has 0 bridgehead atoms. The third-order valence-electron chi connectivity index (χ3n) is 6.13. The first-order valence-corrected chi connectivity index (χ1v) is 11.6. The summed E-state index contributed by atoms with van der Waals surface area (Å²) in [7, 11) is 0. The smallest absolute Gasteiger partial charge is 0.282 e. The van der Waals surface area contributed by atoms with Gasteiger partial charge in [-0.1, -0.05) is 44.2 Å². The van der Waals surface area contributed by atoms with Crippen LogP contribution in [0.25, 0.3) is 5.57 Å². The molecule has 0 spiro atoms. The van der Waals surface area contributed by atoms with E-state index in [4.69, 9.17) is 4.74 Å². The Balaban J connectivity index is 1.77. The Morgan fingerprint density at radius 2 is 1.53 bits per heavy atom. The minimum Gasteiger partial charge on any atom is -0.494 e. The summed E-state index contributed by atoms with van der Waals surface area (Å²) in [5.41, 5.74) is 5.92. The molecule has 2 amide bonds. The Bertz CT molecular complexity index is 1260. The highest BCUT2D eigenvalue weighted by atomic mass is 16.5. The van der Waals surface area contributed by atoms with E-state index in [2.05, 4.69) is 19.2 Å². The van der Waals surface area contributed by atoms with E-state index in [-0.39, 0.29) is 17.5 Å². The molecule has 0 unspecified atom stereocenters. The van der Waals surface area contributed by atoms with Crippen LogP contribution in [0.15, 0.2) is 72.4 Å². The average molecular weight is 455 g/mol. The molecule has 0 saturated heterocycles. The quantitative estimate of drug-likeness (QED) is 0.431. The van der Waals surface area contributed by atoms with Gasteiger partial charge >= 0.3 is 0 Å². The van der Waals surface area contributed by atoms with E-state index < -0.39 is 0 Å². The fourth-order valence-corrected chi connectivity index (χ4v) is 3.99. The van der Waals surface area contributed by atoms with Gasteiger partial charge in [-0.2, -0.15) is 0 Å². The molecule has 5 heteroatoms. The number of carbonyl (C=O) groups is 2. The predicted octanol–water partition coefficient (Wildman–Crippen LogP) is 6.22.